The summed E-state index contributed by atoms with van der Waals surface area (Å²) in [6.07, 6.45) is 4.21. The first-order valence-electron chi connectivity index (χ1n) is 7.29. The summed E-state index contributed by atoms with van der Waals surface area (Å²) in [5.74, 6) is 0.817. The fourth-order valence-corrected chi connectivity index (χ4v) is 3.26. The highest BCUT2D eigenvalue weighted by Crippen LogP contribution is 2.44. The summed E-state index contributed by atoms with van der Waals surface area (Å²) in [6, 6.07) is 0. The summed E-state index contributed by atoms with van der Waals surface area (Å²) in [7, 11) is 0. The second kappa shape index (κ2) is 4.22. The van der Waals surface area contributed by atoms with Crippen LogP contribution in [0.2, 0.25) is 0 Å². The molecule has 0 saturated carbocycles. The van der Waals surface area contributed by atoms with Gasteiger partial charge < -0.3 is 9.47 Å². The molecule has 0 amide bonds. The van der Waals surface area contributed by atoms with Crippen molar-refractivity contribution in [1.82, 2.24) is 0 Å². The van der Waals surface area contributed by atoms with Crippen LogP contribution in [0.15, 0.2) is 57.1 Å². The molecule has 0 atom stereocenters. The van der Waals surface area contributed by atoms with Crippen LogP contribution in [-0.4, -0.2) is 19.5 Å². The standard InChI is InChI=1S/C18H18O2/c1-10(2)12-4-5-14-11(3)6-16-17(14)15(7-12)13-8-19-18(16)20-9-13/h4,7,10,13,18H,8-9H2,1-3H3. The quantitative estimate of drug-likeness (QED) is 0.677. The highest BCUT2D eigenvalue weighted by atomic mass is 16.7. The Balaban J connectivity index is 2.00. The highest BCUT2D eigenvalue weighted by molar-refractivity contribution is 5.67. The van der Waals surface area contributed by atoms with Crippen molar-refractivity contribution in [3.8, 4) is 0 Å². The summed E-state index contributed by atoms with van der Waals surface area (Å²) >= 11 is 0. The van der Waals surface area contributed by atoms with E-state index in [-0.39, 0.29) is 6.29 Å². The predicted molar refractivity (Wildman–Crippen MR) is 76.9 cm³/mol. The summed E-state index contributed by atoms with van der Waals surface area (Å²) in [5, 5.41) is 0. The molecule has 0 unspecified atom stereocenters. The molecule has 1 fully saturated rings. The minimum atomic E-state index is -0.248. The molecule has 0 radical (unpaired) electrons. The van der Waals surface area contributed by atoms with Crippen LogP contribution in [-0.2, 0) is 9.47 Å². The summed E-state index contributed by atoms with van der Waals surface area (Å²) in [4.78, 5) is 0. The lowest BCUT2D eigenvalue weighted by Crippen LogP contribution is -2.30. The van der Waals surface area contributed by atoms with E-state index in [1.807, 2.05) is 0 Å². The first kappa shape index (κ1) is 12.2. The van der Waals surface area contributed by atoms with E-state index in [0.29, 0.717) is 11.8 Å². The molecule has 5 rings (SSSR count). The normalized spacial score (nSPS) is 30.6. The van der Waals surface area contributed by atoms with Crippen molar-refractivity contribution >= 4 is 0 Å². The maximum Gasteiger partial charge on any atom is 0.191 e. The van der Waals surface area contributed by atoms with Gasteiger partial charge in [-0.3, -0.25) is 0 Å². The minimum Gasteiger partial charge on any atom is -0.347 e. The molecule has 0 N–H and O–H groups in total. The molecule has 3 aliphatic heterocycles. The average Bonchev–Trinajstić information content (AvgIpc) is 2.59. The number of ether oxygens (including phenoxy) is 2. The van der Waals surface area contributed by atoms with Gasteiger partial charge in [-0.1, -0.05) is 19.9 Å². The van der Waals surface area contributed by atoms with Crippen molar-refractivity contribution in [3.05, 3.63) is 57.1 Å². The number of hydrogen-bond donors (Lipinski definition) is 0. The van der Waals surface area contributed by atoms with Crippen LogP contribution >= 0.6 is 0 Å². The Morgan fingerprint density at radius 3 is 2.70 bits per heavy atom. The van der Waals surface area contributed by atoms with Crippen molar-refractivity contribution in [3.63, 3.8) is 0 Å². The number of allylic oxidation sites excluding steroid dienone is 3. The topological polar surface area (TPSA) is 18.5 Å². The van der Waals surface area contributed by atoms with Gasteiger partial charge in [0.25, 0.3) is 0 Å². The van der Waals surface area contributed by atoms with Crippen LogP contribution in [0.5, 0.6) is 0 Å². The van der Waals surface area contributed by atoms with Gasteiger partial charge in [0, 0.05) is 22.6 Å². The molecular weight excluding hydrogens is 248 g/mol. The predicted octanol–water partition coefficient (Wildman–Crippen LogP) is 3.45. The van der Waals surface area contributed by atoms with Crippen LogP contribution in [0.1, 0.15) is 20.8 Å². The van der Waals surface area contributed by atoms with Crippen LogP contribution in [0.4, 0.5) is 0 Å². The molecule has 2 heteroatoms. The fourth-order valence-electron chi connectivity index (χ4n) is 3.26. The maximum absolute atomic E-state index is 5.85. The van der Waals surface area contributed by atoms with Gasteiger partial charge in [0.2, 0.25) is 0 Å². The smallest absolute Gasteiger partial charge is 0.191 e. The molecule has 2 nitrogen and oxygen atoms in total. The van der Waals surface area contributed by atoms with E-state index >= 15 is 0 Å². The summed E-state index contributed by atoms with van der Waals surface area (Å²) in [5.41, 5.74) is 14.2. The van der Waals surface area contributed by atoms with Gasteiger partial charge in [-0.15, -0.1) is 11.5 Å². The van der Waals surface area contributed by atoms with E-state index in [1.165, 1.54) is 22.3 Å². The van der Waals surface area contributed by atoms with Crippen molar-refractivity contribution in [2.24, 2.45) is 11.8 Å². The van der Waals surface area contributed by atoms with E-state index in [2.05, 4.69) is 44.4 Å². The number of fused-ring (bicyclic) bond motifs is 2. The van der Waals surface area contributed by atoms with Gasteiger partial charge in [-0.25, -0.2) is 0 Å². The van der Waals surface area contributed by atoms with Crippen LogP contribution in [0, 0.1) is 11.8 Å². The largest absolute Gasteiger partial charge is 0.347 e. The molecule has 20 heavy (non-hydrogen) atoms. The van der Waals surface area contributed by atoms with Crippen LogP contribution < -0.4 is 0 Å². The highest BCUT2D eigenvalue weighted by Gasteiger charge is 2.39. The average molecular weight is 266 g/mol. The molecule has 0 aromatic carbocycles. The van der Waals surface area contributed by atoms with Crippen molar-refractivity contribution in [1.29, 1.82) is 0 Å². The molecule has 0 spiro atoms. The number of rotatable bonds is 1. The molecular formula is C18H18O2. The van der Waals surface area contributed by atoms with E-state index in [9.17, 15) is 0 Å². The van der Waals surface area contributed by atoms with Gasteiger partial charge in [-0.2, -0.15) is 0 Å². The molecule has 1 saturated heterocycles. The third-order valence-corrected chi connectivity index (χ3v) is 4.45. The van der Waals surface area contributed by atoms with Crippen molar-refractivity contribution in [2.75, 3.05) is 13.2 Å². The molecule has 5 aliphatic rings. The maximum atomic E-state index is 5.85. The second-order valence-corrected chi connectivity index (χ2v) is 6.15. The van der Waals surface area contributed by atoms with E-state index in [0.717, 1.165) is 24.4 Å². The summed E-state index contributed by atoms with van der Waals surface area (Å²) < 4.78 is 11.7. The lowest BCUT2D eigenvalue weighted by Gasteiger charge is -2.26. The Bertz CT molecular complexity index is 679. The molecule has 2 bridgehead atoms. The van der Waals surface area contributed by atoms with Gasteiger partial charge >= 0.3 is 0 Å². The molecule has 0 aromatic rings. The first-order chi connectivity index (χ1) is 9.65. The van der Waals surface area contributed by atoms with Gasteiger partial charge in [-0.05, 0) is 30.1 Å². The Kier molecular flexibility index (Phi) is 2.57. The molecule has 102 valence electrons. The zero-order valence-electron chi connectivity index (χ0n) is 12.1. The Morgan fingerprint density at radius 1 is 1.25 bits per heavy atom. The SMILES string of the molecule is CC1=C=C2C3=C(C=C(C(C)C)C=C=C13)C1COC2OC1. The van der Waals surface area contributed by atoms with E-state index < -0.39 is 0 Å². The third kappa shape index (κ3) is 1.60. The Labute approximate surface area is 119 Å². The third-order valence-electron chi connectivity index (χ3n) is 4.45. The minimum absolute atomic E-state index is 0.248. The lowest BCUT2D eigenvalue weighted by molar-refractivity contribution is -0.168. The second-order valence-electron chi connectivity index (χ2n) is 6.15. The van der Waals surface area contributed by atoms with Crippen molar-refractivity contribution < 1.29 is 9.47 Å². The van der Waals surface area contributed by atoms with Crippen molar-refractivity contribution in [2.45, 2.75) is 27.1 Å². The summed E-state index contributed by atoms with van der Waals surface area (Å²) in [6.45, 7) is 8.02. The van der Waals surface area contributed by atoms with Gasteiger partial charge in [0.1, 0.15) is 0 Å². The van der Waals surface area contributed by atoms with E-state index in [4.69, 9.17) is 9.47 Å². The zero-order valence-corrected chi connectivity index (χ0v) is 12.1. The Morgan fingerprint density at radius 2 is 2.00 bits per heavy atom. The zero-order chi connectivity index (χ0) is 13.9. The molecule has 0 aromatic heterocycles. The van der Waals surface area contributed by atoms with Crippen LogP contribution in [0.25, 0.3) is 0 Å². The first-order valence-corrected chi connectivity index (χ1v) is 7.29. The van der Waals surface area contributed by atoms with Gasteiger partial charge in [0.05, 0.1) is 18.8 Å². The van der Waals surface area contributed by atoms with Crippen LogP contribution in [0.3, 0.4) is 0 Å². The number of hydrogen-bond acceptors (Lipinski definition) is 2. The molecule has 3 heterocycles. The van der Waals surface area contributed by atoms with E-state index in [1.54, 1.807) is 0 Å². The molecule has 2 aliphatic carbocycles. The monoisotopic (exact) mass is 266 g/mol. The van der Waals surface area contributed by atoms with Gasteiger partial charge in [0.15, 0.2) is 6.29 Å². The fraction of sp³-hybridized carbons (Fsp3) is 0.444. The lowest BCUT2D eigenvalue weighted by atomic mass is 9.89. The Hall–Kier alpha value is -1.56.